The lowest BCUT2D eigenvalue weighted by molar-refractivity contribution is -0.133. The third-order valence-electron chi connectivity index (χ3n) is 4.35. The smallest absolute Gasteiger partial charge is 0.223 e. The van der Waals surface area contributed by atoms with Crippen LogP contribution in [0.3, 0.4) is 0 Å². The molecule has 1 aromatic carbocycles. The van der Waals surface area contributed by atoms with Gasteiger partial charge in [0.2, 0.25) is 5.91 Å². The van der Waals surface area contributed by atoms with Crippen LogP contribution in [-0.2, 0) is 4.79 Å². The molecule has 0 aliphatic carbocycles. The lowest BCUT2D eigenvalue weighted by Gasteiger charge is -2.33. The number of ether oxygens (including phenoxy) is 1. The molecule has 0 N–H and O–H groups in total. The number of rotatable bonds is 6. The van der Waals surface area contributed by atoms with Gasteiger partial charge in [-0.15, -0.1) is 0 Å². The highest BCUT2D eigenvalue weighted by atomic mass is 16.5. The number of nitrogens with zero attached hydrogens (tertiary/aromatic N) is 2. The fourth-order valence-electron chi connectivity index (χ4n) is 3.02. The number of Topliss-reactive ketones (excluding diaryl/α,β-unsaturated/α-hetero) is 1. The van der Waals surface area contributed by atoms with Crippen LogP contribution in [0.1, 0.15) is 36.0 Å². The van der Waals surface area contributed by atoms with Gasteiger partial charge in [-0.05, 0) is 25.0 Å². The molecule has 3 rings (SSSR count). The van der Waals surface area contributed by atoms with Crippen molar-refractivity contribution in [2.24, 2.45) is 0 Å². The summed E-state index contributed by atoms with van der Waals surface area (Å²) in [5, 5.41) is 0. The second-order valence-corrected chi connectivity index (χ2v) is 6.19. The van der Waals surface area contributed by atoms with E-state index in [4.69, 9.17) is 4.74 Å². The van der Waals surface area contributed by atoms with E-state index < -0.39 is 0 Å². The molecule has 0 saturated carbocycles. The fourth-order valence-corrected chi connectivity index (χ4v) is 3.02. The van der Waals surface area contributed by atoms with Crippen molar-refractivity contribution >= 4 is 11.7 Å². The van der Waals surface area contributed by atoms with E-state index in [9.17, 15) is 9.59 Å². The van der Waals surface area contributed by atoms with Gasteiger partial charge in [-0.3, -0.25) is 14.6 Å². The number of aromatic nitrogens is 1. The van der Waals surface area contributed by atoms with Crippen LogP contribution < -0.4 is 4.74 Å². The number of amides is 1. The zero-order chi connectivity index (χ0) is 17.5. The van der Waals surface area contributed by atoms with Gasteiger partial charge < -0.3 is 9.64 Å². The van der Waals surface area contributed by atoms with Crippen molar-refractivity contribution in [3.05, 3.63) is 60.4 Å². The Morgan fingerprint density at radius 1 is 1.08 bits per heavy atom. The summed E-state index contributed by atoms with van der Waals surface area (Å²) >= 11 is 0. The van der Waals surface area contributed by atoms with Crippen molar-refractivity contribution in [2.75, 3.05) is 13.1 Å². The van der Waals surface area contributed by atoms with Crippen LogP contribution in [0.2, 0.25) is 0 Å². The van der Waals surface area contributed by atoms with Gasteiger partial charge in [-0.1, -0.05) is 30.3 Å². The molecule has 0 spiro atoms. The molecule has 1 amide bonds. The minimum Gasteiger partial charge on any atom is -0.488 e. The number of likely N-dealkylation sites (tertiary alicyclic amines) is 1. The van der Waals surface area contributed by atoms with Crippen LogP contribution in [0.4, 0.5) is 0 Å². The van der Waals surface area contributed by atoms with Crippen molar-refractivity contribution in [3.63, 3.8) is 0 Å². The Bertz CT molecular complexity index is 703. The highest BCUT2D eigenvalue weighted by Gasteiger charge is 2.25. The fraction of sp³-hybridized carbons (Fsp3) is 0.350. The third kappa shape index (κ3) is 4.89. The van der Waals surface area contributed by atoms with E-state index in [-0.39, 0.29) is 30.6 Å². The minimum absolute atomic E-state index is 0.00933. The number of piperidine rings is 1. The molecule has 1 aromatic heterocycles. The summed E-state index contributed by atoms with van der Waals surface area (Å²) in [5.41, 5.74) is 0.660. The van der Waals surface area contributed by atoms with Crippen molar-refractivity contribution in [1.82, 2.24) is 9.88 Å². The van der Waals surface area contributed by atoms with Crippen LogP contribution in [0.15, 0.2) is 54.9 Å². The normalized spacial score (nSPS) is 17.1. The number of carbonyl (C=O) groups excluding carboxylic acids is 2. The van der Waals surface area contributed by atoms with E-state index in [1.54, 1.807) is 24.5 Å². The highest BCUT2D eigenvalue weighted by molar-refractivity contribution is 5.97. The summed E-state index contributed by atoms with van der Waals surface area (Å²) < 4.78 is 5.93. The Hall–Kier alpha value is -2.69. The minimum atomic E-state index is -0.00933. The molecule has 5 heteroatoms. The molecule has 2 aromatic rings. The summed E-state index contributed by atoms with van der Waals surface area (Å²) in [5.74, 6) is 0.802. The highest BCUT2D eigenvalue weighted by Crippen LogP contribution is 2.18. The summed E-state index contributed by atoms with van der Waals surface area (Å²) in [6.07, 6.45) is 5.70. The largest absolute Gasteiger partial charge is 0.488 e. The van der Waals surface area contributed by atoms with E-state index in [2.05, 4.69) is 4.98 Å². The van der Waals surface area contributed by atoms with Crippen LogP contribution in [0.5, 0.6) is 5.75 Å². The van der Waals surface area contributed by atoms with Gasteiger partial charge in [0.1, 0.15) is 11.9 Å². The molecule has 130 valence electrons. The van der Waals surface area contributed by atoms with Crippen molar-refractivity contribution in [1.29, 1.82) is 0 Å². The average Bonchev–Trinajstić information content (AvgIpc) is 2.67. The van der Waals surface area contributed by atoms with Crippen molar-refractivity contribution in [3.8, 4) is 5.75 Å². The Morgan fingerprint density at radius 2 is 1.84 bits per heavy atom. The number of carbonyl (C=O) groups is 2. The van der Waals surface area contributed by atoms with Crippen molar-refractivity contribution in [2.45, 2.75) is 31.8 Å². The van der Waals surface area contributed by atoms with Gasteiger partial charge in [0.15, 0.2) is 5.78 Å². The van der Waals surface area contributed by atoms with Crippen LogP contribution >= 0.6 is 0 Å². The van der Waals surface area contributed by atoms with Gasteiger partial charge in [0, 0.05) is 37.3 Å². The Balaban J connectivity index is 1.49. The first-order valence-electron chi connectivity index (χ1n) is 8.65. The number of hydrogen-bond donors (Lipinski definition) is 0. The summed E-state index contributed by atoms with van der Waals surface area (Å²) in [4.78, 5) is 30.4. The Labute approximate surface area is 147 Å². The lowest BCUT2D eigenvalue weighted by Crippen LogP contribution is -2.44. The third-order valence-corrected chi connectivity index (χ3v) is 4.35. The standard InChI is InChI=1S/C20H22N2O3/c23-19(16-5-2-1-3-6-16)8-9-20(24)22-14-4-7-18(15-22)25-17-10-12-21-13-11-17/h1-3,5-6,10-13,18H,4,7-9,14-15H2/t18-/m1/s1. The van der Waals surface area contributed by atoms with E-state index in [0.29, 0.717) is 12.1 Å². The predicted molar refractivity (Wildman–Crippen MR) is 94.5 cm³/mol. The molecule has 0 radical (unpaired) electrons. The number of ketones is 1. The molecule has 5 nitrogen and oxygen atoms in total. The second-order valence-electron chi connectivity index (χ2n) is 6.19. The quantitative estimate of drug-likeness (QED) is 0.759. The van der Waals surface area contributed by atoms with Crippen molar-refractivity contribution < 1.29 is 14.3 Å². The molecule has 1 saturated heterocycles. The number of hydrogen-bond acceptors (Lipinski definition) is 4. The van der Waals surface area contributed by atoms with Gasteiger partial charge in [-0.2, -0.15) is 0 Å². The zero-order valence-electron chi connectivity index (χ0n) is 14.1. The average molecular weight is 338 g/mol. The lowest BCUT2D eigenvalue weighted by atomic mass is 10.0. The summed E-state index contributed by atoms with van der Waals surface area (Å²) in [7, 11) is 0. The first-order chi connectivity index (χ1) is 12.2. The number of pyridine rings is 1. The molecule has 2 heterocycles. The van der Waals surface area contributed by atoms with E-state index >= 15 is 0 Å². The van der Waals surface area contributed by atoms with Gasteiger partial charge in [0.25, 0.3) is 0 Å². The molecular weight excluding hydrogens is 316 g/mol. The maximum absolute atomic E-state index is 12.4. The van der Waals surface area contributed by atoms with Crippen LogP contribution in [-0.4, -0.2) is 40.8 Å². The van der Waals surface area contributed by atoms with E-state index in [1.165, 1.54) is 0 Å². The topological polar surface area (TPSA) is 59.5 Å². The molecular formula is C20H22N2O3. The monoisotopic (exact) mass is 338 g/mol. The Morgan fingerprint density at radius 3 is 2.60 bits per heavy atom. The van der Waals surface area contributed by atoms with Gasteiger partial charge in [-0.25, -0.2) is 0 Å². The predicted octanol–water partition coefficient (Wildman–Crippen LogP) is 3.11. The molecule has 1 atom stereocenters. The summed E-state index contributed by atoms with van der Waals surface area (Å²) in [6, 6.07) is 12.7. The molecule has 1 aliphatic rings. The molecule has 1 aliphatic heterocycles. The van der Waals surface area contributed by atoms with Gasteiger partial charge >= 0.3 is 0 Å². The molecule has 0 unspecified atom stereocenters. The van der Waals surface area contributed by atoms with E-state index in [0.717, 1.165) is 25.1 Å². The first kappa shape index (κ1) is 17.1. The molecule has 0 bridgehead atoms. The second kappa shape index (κ2) is 8.42. The van der Waals surface area contributed by atoms with Crippen LogP contribution in [0.25, 0.3) is 0 Å². The molecule has 1 fully saturated rings. The van der Waals surface area contributed by atoms with Crippen LogP contribution in [0, 0.1) is 0 Å². The summed E-state index contributed by atoms with van der Waals surface area (Å²) in [6.45, 7) is 1.30. The zero-order valence-corrected chi connectivity index (χ0v) is 14.1. The molecule has 25 heavy (non-hydrogen) atoms. The first-order valence-corrected chi connectivity index (χ1v) is 8.65. The van der Waals surface area contributed by atoms with Gasteiger partial charge in [0.05, 0.1) is 6.54 Å². The maximum atomic E-state index is 12.4. The maximum Gasteiger partial charge on any atom is 0.223 e. The number of benzene rings is 1. The SMILES string of the molecule is O=C(CCC(=O)N1CCC[C@@H](Oc2ccncc2)C1)c1ccccc1. The van der Waals surface area contributed by atoms with E-state index in [1.807, 2.05) is 35.2 Å². The Kier molecular flexibility index (Phi) is 5.77.